The first-order chi connectivity index (χ1) is 6.43. The molecular weight excluding hydrogens is 222 g/mol. The maximum atomic E-state index is 11.5. The Labute approximate surface area is 88.6 Å². The van der Waals surface area contributed by atoms with E-state index in [9.17, 15) is 12.6 Å². The number of hydrogen-bond acceptors (Lipinski definition) is 4. The van der Waals surface area contributed by atoms with Crippen molar-refractivity contribution in [1.82, 2.24) is 0 Å². The first-order valence-corrected chi connectivity index (χ1v) is 7.91. The molecule has 2 unspecified atom stereocenters. The molecule has 4 nitrogen and oxygen atoms in total. The second-order valence-electron chi connectivity index (χ2n) is 3.21. The molecule has 0 amide bonds. The number of hydrogen-bond donors (Lipinski definition) is 1. The zero-order valence-corrected chi connectivity index (χ0v) is 10.4. The van der Waals surface area contributed by atoms with E-state index in [1.54, 1.807) is 6.92 Å². The Bertz CT molecular complexity index is 274. The summed E-state index contributed by atoms with van der Waals surface area (Å²) in [6.07, 6.45) is 0.679. The van der Waals surface area contributed by atoms with Crippen LogP contribution in [-0.2, 0) is 20.6 Å². The zero-order chi connectivity index (χ0) is 11.2. The molecule has 0 aromatic heterocycles. The molecule has 0 aliphatic rings. The first kappa shape index (κ1) is 14.1. The molecule has 86 valence electrons. The van der Waals surface area contributed by atoms with Crippen LogP contribution in [0.5, 0.6) is 0 Å². The summed E-state index contributed by atoms with van der Waals surface area (Å²) in [6.45, 7) is 3.93. The summed E-state index contributed by atoms with van der Waals surface area (Å²) in [6, 6.07) is 0. The molecule has 14 heavy (non-hydrogen) atoms. The molecule has 0 saturated carbocycles. The largest absolute Gasteiger partial charge is 0.330 e. The predicted octanol–water partition coefficient (Wildman–Crippen LogP) is -0.0929. The average molecular weight is 241 g/mol. The highest BCUT2D eigenvalue weighted by atomic mass is 32.2. The van der Waals surface area contributed by atoms with Crippen LogP contribution in [-0.4, -0.2) is 41.7 Å². The number of sulfone groups is 1. The van der Waals surface area contributed by atoms with Crippen LogP contribution in [0.25, 0.3) is 0 Å². The monoisotopic (exact) mass is 241 g/mol. The van der Waals surface area contributed by atoms with Gasteiger partial charge in [-0.25, -0.2) is 8.42 Å². The Kier molecular flexibility index (Phi) is 6.55. The van der Waals surface area contributed by atoms with Gasteiger partial charge in [0.25, 0.3) is 0 Å². The van der Waals surface area contributed by atoms with Gasteiger partial charge in [-0.1, -0.05) is 13.8 Å². The van der Waals surface area contributed by atoms with Gasteiger partial charge in [-0.05, 0) is 13.0 Å². The molecule has 6 heteroatoms. The summed E-state index contributed by atoms with van der Waals surface area (Å²) in [7, 11) is -4.06. The minimum Gasteiger partial charge on any atom is -0.330 e. The van der Waals surface area contributed by atoms with Crippen molar-refractivity contribution >= 4 is 20.6 Å². The van der Waals surface area contributed by atoms with Crippen LogP contribution in [0.2, 0.25) is 0 Å². The van der Waals surface area contributed by atoms with Gasteiger partial charge in [0.2, 0.25) is 0 Å². The van der Waals surface area contributed by atoms with Crippen molar-refractivity contribution in [1.29, 1.82) is 0 Å². The SMILES string of the molecule is CCS(=O)(=O)CCS(=O)C(C)CCN. The van der Waals surface area contributed by atoms with E-state index in [0.29, 0.717) is 13.0 Å². The van der Waals surface area contributed by atoms with Gasteiger partial charge in [0.05, 0.1) is 5.75 Å². The Morgan fingerprint density at radius 1 is 1.43 bits per heavy atom. The third-order valence-corrected chi connectivity index (χ3v) is 5.76. The molecule has 0 heterocycles. The quantitative estimate of drug-likeness (QED) is 0.675. The molecule has 0 aliphatic heterocycles. The van der Waals surface area contributed by atoms with E-state index in [-0.39, 0.29) is 22.5 Å². The minimum atomic E-state index is -2.99. The molecule has 0 rings (SSSR count). The van der Waals surface area contributed by atoms with Crippen molar-refractivity contribution in [2.45, 2.75) is 25.5 Å². The molecule has 0 fully saturated rings. The van der Waals surface area contributed by atoms with E-state index < -0.39 is 20.6 Å². The van der Waals surface area contributed by atoms with E-state index in [4.69, 9.17) is 5.73 Å². The van der Waals surface area contributed by atoms with E-state index in [1.807, 2.05) is 6.92 Å². The maximum Gasteiger partial charge on any atom is 0.150 e. The van der Waals surface area contributed by atoms with Crippen molar-refractivity contribution in [3.8, 4) is 0 Å². The van der Waals surface area contributed by atoms with Crippen molar-refractivity contribution in [3.63, 3.8) is 0 Å². The van der Waals surface area contributed by atoms with E-state index >= 15 is 0 Å². The smallest absolute Gasteiger partial charge is 0.150 e. The van der Waals surface area contributed by atoms with Crippen LogP contribution >= 0.6 is 0 Å². The Hall–Kier alpha value is 0.0600. The van der Waals surface area contributed by atoms with Crippen LogP contribution in [0.4, 0.5) is 0 Å². The van der Waals surface area contributed by atoms with Crippen molar-refractivity contribution < 1.29 is 12.6 Å². The molecule has 0 saturated heterocycles. The summed E-state index contributed by atoms with van der Waals surface area (Å²) < 4.78 is 33.7. The zero-order valence-electron chi connectivity index (χ0n) is 8.73. The van der Waals surface area contributed by atoms with Crippen LogP contribution in [0, 0.1) is 0 Å². The second kappa shape index (κ2) is 6.53. The van der Waals surface area contributed by atoms with E-state index in [2.05, 4.69) is 0 Å². The molecule has 0 spiro atoms. The van der Waals surface area contributed by atoms with Crippen LogP contribution < -0.4 is 5.73 Å². The highest BCUT2D eigenvalue weighted by Gasteiger charge is 2.14. The van der Waals surface area contributed by atoms with Crippen LogP contribution in [0.15, 0.2) is 0 Å². The fraction of sp³-hybridized carbons (Fsp3) is 1.00. The molecule has 2 N–H and O–H groups in total. The topological polar surface area (TPSA) is 77.2 Å². The maximum absolute atomic E-state index is 11.5. The molecule has 0 radical (unpaired) electrons. The molecule has 0 aromatic rings. The van der Waals surface area contributed by atoms with Crippen LogP contribution in [0.1, 0.15) is 20.3 Å². The summed E-state index contributed by atoms with van der Waals surface area (Å²) in [5, 5.41) is -0.00736. The third-order valence-electron chi connectivity index (χ3n) is 2.06. The second-order valence-corrected chi connectivity index (χ2v) is 7.66. The summed E-state index contributed by atoms with van der Waals surface area (Å²) >= 11 is 0. The fourth-order valence-corrected chi connectivity index (χ4v) is 3.68. The Morgan fingerprint density at radius 3 is 2.43 bits per heavy atom. The van der Waals surface area contributed by atoms with Gasteiger partial charge in [0, 0.05) is 27.6 Å². The summed E-state index contributed by atoms with van der Waals surface area (Å²) in [5.41, 5.74) is 5.32. The highest BCUT2D eigenvalue weighted by Crippen LogP contribution is 2.02. The number of nitrogens with two attached hydrogens (primary N) is 1. The lowest BCUT2D eigenvalue weighted by molar-refractivity contribution is 0.598. The normalized spacial score (nSPS) is 16.5. The molecule has 0 aromatic carbocycles. The van der Waals surface area contributed by atoms with E-state index in [1.165, 1.54) is 0 Å². The Balaban J connectivity index is 3.97. The van der Waals surface area contributed by atoms with Crippen molar-refractivity contribution in [2.75, 3.05) is 23.8 Å². The summed E-state index contributed by atoms with van der Waals surface area (Å²) in [5.74, 6) is 0.373. The van der Waals surface area contributed by atoms with Crippen molar-refractivity contribution in [2.24, 2.45) is 5.73 Å². The molecular formula is C8H19NO3S2. The average Bonchev–Trinajstić information content (AvgIpc) is 2.15. The first-order valence-electron chi connectivity index (χ1n) is 4.70. The molecule has 2 atom stereocenters. The van der Waals surface area contributed by atoms with Crippen LogP contribution in [0.3, 0.4) is 0 Å². The van der Waals surface area contributed by atoms with Gasteiger partial charge in [0.1, 0.15) is 0 Å². The van der Waals surface area contributed by atoms with Gasteiger partial charge in [-0.15, -0.1) is 0 Å². The van der Waals surface area contributed by atoms with Gasteiger partial charge < -0.3 is 5.73 Å². The van der Waals surface area contributed by atoms with Gasteiger partial charge in [-0.2, -0.15) is 0 Å². The lowest BCUT2D eigenvalue weighted by atomic mass is 10.3. The Morgan fingerprint density at radius 2 is 2.00 bits per heavy atom. The van der Waals surface area contributed by atoms with Gasteiger partial charge >= 0.3 is 0 Å². The lowest BCUT2D eigenvalue weighted by Crippen LogP contribution is -2.23. The minimum absolute atomic E-state index is 0.00736. The summed E-state index contributed by atoms with van der Waals surface area (Å²) in [4.78, 5) is 0. The molecule has 0 aliphatic carbocycles. The predicted molar refractivity (Wildman–Crippen MR) is 60.5 cm³/mol. The van der Waals surface area contributed by atoms with E-state index in [0.717, 1.165) is 0 Å². The highest BCUT2D eigenvalue weighted by molar-refractivity contribution is 7.93. The number of rotatable bonds is 7. The standard InChI is InChI=1S/C8H19NO3S2/c1-3-14(11,12)7-6-13(10)8(2)4-5-9/h8H,3-7,9H2,1-2H3. The lowest BCUT2D eigenvalue weighted by Gasteiger charge is -2.09. The third kappa shape index (κ3) is 5.72. The molecule has 0 bridgehead atoms. The van der Waals surface area contributed by atoms with Gasteiger partial charge in [0.15, 0.2) is 9.84 Å². The van der Waals surface area contributed by atoms with Crippen molar-refractivity contribution in [3.05, 3.63) is 0 Å². The van der Waals surface area contributed by atoms with Gasteiger partial charge in [-0.3, -0.25) is 4.21 Å². The fourth-order valence-electron chi connectivity index (χ4n) is 0.921.